The first-order valence-corrected chi connectivity index (χ1v) is 12.7. The summed E-state index contributed by atoms with van der Waals surface area (Å²) < 4.78 is 0. The Morgan fingerprint density at radius 1 is 0.897 bits per heavy atom. The lowest BCUT2D eigenvalue weighted by molar-refractivity contribution is -0.159. The standard InChI is InChI=1S/C27H44O2/c1-17(2)7-6-8-18(3)21-9-10-22-25-23(12-14-27(21,22)5)26(4)13-11-20(28)15-19(26)16-24(25)29/h17-19,21-23,25H,6-16H2,1-5H3/t18-,19?,21-,22+,23+,25+,26+,27-/m1/s1. The number of hydrogen-bond donors (Lipinski definition) is 0. The van der Waals surface area contributed by atoms with Gasteiger partial charge >= 0.3 is 0 Å². The zero-order chi connectivity index (χ0) is 21.0. The Bertz CT molecular complexity index is 651. The molecule has 8 atom stereocenters. The first-order chi connectivity index (χ1) is 13.7. The predicted molar refractivity (Wildman–Crippen MR) is 118 cm³/mol. The van der Waals surface area contributed by atoms with E-state index in [2.05, 4.69) is 34.6 Å². The van der Waals surface area contributed by atoms with Gasteiger partial charge in [0, 0.05) is 25.2 Å². The van der Waals surface area contributed by atoms with E-state index in [0.29, 0.717) is 47.6 Å². The monoisotopic (exact) mass is 400 g/mol. The molecule has 2 nitrogen and oxygen atoms in total. The molecule has 164 valence electrons. The predicted octanol–water partition coefficient (Wildman–Crippen LogP) is 6.86. The molecule has 0 bridgehead atoms. The van der Waals surface area contributed by atoms with Gasteiger partial charge in [-0.2, -0.15) is 0 Å². The van der Waals surface area contributed by atoms with Crippen LogP contribution in [-0.4, -0.2) is 11.6 Å². The Balaban J connectivity index is 1.52. The minimum absolute atomic E-state index is 0.231. The van der Waals surface area contributed by atoms with Gasteiger partial charge in [0.05, 0.1) is 0 Å². The van der Waals surface area contributed by atoms with Crippen LogP contribution in [0, 0.1) is 52.3 Å². The van der Waals surface area contributed by atoms with Gasteiger partial charge in [-0.25, -0.2) is 0 Å². The molecule has 0 radical (unpaired) electrons. The molecule has 4 aliphatic carbocycles. The first-order valence-electron chi connectivity index (χ1n) is 12.7. The molecule has 1 unspecified atom stereocenters. The minimum Gasteiger partial charge on any atom is -0.300 e. The molecule has 4 saturated carbocycles. The van der Waals surface area contributed by atoms with E-state index >= 15 is 0 Å². The largest absolute Gasteiger partial charge is 0.300 e. The van der Waals surface area contributed by atoms with Crippen molar-refractivity contribution in [2.45, 2.75) is 105 Å². The summed E-state index contributed by atoms with van der Waals surface area (Å²) >= 11 is 0. The van der Waals surface area contributed by atoms with Gasteiger partial charge in [0.25, 0.3) is 0 Å². The van der Waals surface area contributed by atoms with Crippen LogP contribution in [0.1, 0.15) is 105 Å². The topological polar surface area (TPSA) is 34.1 Å². The number of rotatable bonds is 5. The highest BCUT2D eigenvalue weighted by Crippen LogP contribution is 2.67. The fourth-order valence-electron chi connectivity index (χ4n) is 8.75. The van der Waals surface area contributed by atoms with Gasteiger partial charge in [-0.15, -0.1) is 0 Å². The third-order valence-electron chi connectivity index (χ3n) is 10.5. The Labute approximate surface area is 179 Å². The van der Waals surface area contributed by atoms with Crippen molar-refractivity contribution in [2.75, 3.05) is 0 Å². The molecular weight excluding hydrogens is 356 g/mol. The van der Waals surface area contributed by atoms with Gasteiger partial charge in [-0.05, 0) is 78.4 Å². The molecule has 4 rings (SSSR count). The molecule has 0 amide bonds. The Morgan fingerprint density at radius 3 is 2.34 bits per heavy atom. The van der Waals surface area contributed by atoms with Crippen LogP contribution in [0.15, 0.2) is 0 Å². The second-order valence-electron chi connectivity index (χ2n) is 12.4. The lowest BCUT2D eigenvalue weighted by Gasteiger charge is -2.59. The highest BCUT2D eigenvalue weighted by molar-refractivity contribution is 5.86. The van der Waals surface area contributed by atoms with E-state index in [9.17, 15) is 9.59 Å². The second kappa shape index (κ2) is 7.79. The van der Waals surface area contributed by atoms with Gasteiger partial charge in [0.15, 0.2) is 0 Å². The summed E-state index contributed by atoms with van der Waals surface area (Å²) in [6.07, 6.45) is 12.3. The molecule has 0 saturated heterocycles. The van der Waals surface area contributed by atoms with E-state index in [0.717, 1.165) is 30.6 Å². The van der Waals surface area contributed by atoms with Crippen molar-refractivity contribution in [1.29, 1.82) is 0 Å². The Hall–Kier alpha value is -0.660. The average Bonchev–Trinajstić information content (AvgIpc) is 3.00. The van der Waals surface area contributed by atoms with Crippen LogP contribution < -0.4 is 0 Å². The van der Waals surface area contributed by atoms with Crippen molar-refractivity contribution in [3.63, 3.8) is 0 Å². The lowest BCUT2D eigenvalue weighted by Crippen LogP contribution is -2.57. The van der Waals surface area contributed by atoms with E-state index in [4.69, 9.17) is 0 Å². The number of carbonyl (C=O) groups excluding carboxylic acids is 2. The number of carbonyl (C=O) groups is 2. The van der Waals surface area contributed by atoms with Crippen LogP contribution >= 0.6 is 0 Å². The zero-order valence-corrected chi connectivity index (χ0v) is 19.6. The zero-order valence-electron chi connectivity index (χ0n) is 19.6. The smallest absolute Gasteiger partial charge is 0.136 e. The maximum absolute atomic E-state index is 13.4. The summed E-state index contributed by atoms with van der Waals surface area (Å²) in [5, 5.41) is 0. The van der Waals surface area contributed by atoms with Gasteiger partial charge in [0.2, 0.25) is 0 Å². The van der Waals surface area contributed by atoms with Crippen LogP contribution in [-0.2, 0) is 9.59 Å². The van der Waals surface area contributed by atoms with Gasteiger partial charge in [0.1, 0.15) is 11.6 Å². The molecule has 29 heavy (non-hydrogen) atoms. The second-order valence-corrected chi connectivity index (χ2v) is 12.4. The summed E-state index contributed by atoms with van der Waals surface area (Å²) in [6, 6.07) is 0. The number of ketones is 2. The van der Waals surface area contributed by atoms with Gasteiger partial charge < -0.3 is 0 Å². The molecule has 0 N–H and O–H groups in total. The third-order valence-corrected chi connectivity index (χ3v) is 10.5. The highest BCUT2D eigenvalue weighted by Gasteiger charge is 2.62. The quantitative estimate of drug-likeness (QED) is 0.505. The molecule has 4 aliphatic rings. The molecule has 0 aromatic carbocycles. The van der Waals surface area contributed by atoms with Crippen LogP contribution in [0.5, 0.6) is 0 Å². The van der Waals surface area contributed by atoms with Crippen molar-refractivity contribution >= 4 is 11.6 Å². The van der Waals surface area contributed by atoms with E-state index < -0.39 is 0 Å². The van der Waals surface area contributed by atoms with E-state index in [-0.39, 0.29) is 11.3 Å². The first kappa shape index (κ1) is 21.6. The Morgan fingerprint density at radius 2 is 1.62 bits per heavy atom. The number of hydrogen-bond acceptors (Lipinski definition) is 2. The molecular formula is C27H44O2. The summed E-state index contributed by atoms with van der Waals surface area (Å²) in [5.74, 6) is 5.07. The fourth-order valence-corrected chi connectivity index (χ4v) is 8.75. The molecule has 0 aliphatic heterocycles. The van der Waals surface area contributed by atoms with Gasteiger partial charge in [-0.1, -0.05) is 53.9 Å². The number of fused-ring (bicyclic) bond motifs is 5. The SMILES string of the molecule is CC(C)CCC[C@@H](C)[C@H]1CC[C@H]2[C@@H]3C(=O)CC4CC(=O)CC[C@]4(C)[C@H]3CC[C@]12C. The van der Waals surface area contributed by atoms with Gasteiger partial charge in [-0.3, -0.25) is 9.59 Å². The minimum atomic E-state index is 0.231. The molecule has 2 heteroatoms. The van der Waals surface area contributed by atoms with E-state index in [1.807, 2.05) is 0 Å². The summed E-state index contributed by atoms with van der Waals surface area (Å²) in [6.45, 7) is 12.2. The average molecular weight is 401 g/mol. The Kier molecular flexibility index (Phi) is 5.79. The normalized spacial score (nSPS) is 45.7. The van der Waals surface area contributed by atoms with E-state index in [1.54, 1.807) is 0 Å². The maximum atomic E-state index is 13.4. The van der Waals surface area contributed by atoms with Crippen molar-refractivity contribution in [3.05, 3.63) is 0 Å². The summed E-state index contributed by atoms with van der Waals surface area (Å²) in [4.78, 5) is 25.5. The molecule has 4 fully saturated rings. The molecule has 0 spiro atoms. The molecule has 0 aromatic rings. The third kappa shape index (κ3) is 3.55. The summed E-state index contributed by atoms with van der Waals surface area (Å²) in [7, 11) is 0. The molecule has 0 aromatic heterocycles. The van der Waals surface area contributed by atoms with Crippen molar-refractivity contribution < 1.29 is 9.59 Å². The van der Waals surface area contributed by atoms with Crippen molar-refractivity contribution in [3.8, 4) is 0 Å². The van der Waals surface area contributed by atoms with Crippen molar-refractivity contribution in [1.82, 2.24) is 0 Å². The van der Waals surface area contributed by atoms with Crippen LogP contribution in [0.4, 0.5) is 0 Å². The fraction of sp³-hybridized carbons (Fsp3) is 0.926. The summed E-state index contributed by atoms with van der Waals surface area (Å²) in [5.41, 5.74) is 0.594. The van der Waals surface area contributed by atoms with Crippen LogP contribution in [0.2, 0.25) is 0 Å². The highest BCUT2D eigenvalue weighted by atomic mass is 16.1. The molecule has 0 heterocycles. The number of Topliss-reactive ketones (excluding diaryl/α,β-unsaturated/α-hetero) is 2. The lowest BCUT2D eigenvalue weighted by atomic mass is 9.44. The van der Waals surface area contributed by atoms with E-state index in [1.165, 1.54) is 44.9 Å². The van der Waals surface area contributed by atoms with Crippen LogP contribution in [0.25, 0.3) is 0 Å². The van der Waals surface area contributed by atoms with Crippen LogP contribution in [0.3, 0.4) is 0 Å². The maximum Gasteiger partial charge on any atom is 0.136 e. The van der Waals surface area contributed by atoms with Crippen molar-refractivity contribution in [2.24, 2.45) is 52.3 Å².